The Balaban J connectivity index is 2.10. The van der Waals surface area contributed by atoms with E-state index >= 15 is 0 Å². The number of aliphatic hydroxyl groups excluding tert-OH is 1. The first-order valence-corrected chi connectivity index (χ1v) is 11.3. The molecule has 0 bridgehead atoms. The van der Waals surface area contributed by atoms with Gasteiger partial charge in [0, 0.05) is 25.8 Å². The number of nitrogens with zero attached hydrogens (tertiary/aromatic N) is 1. The Bertz CT molecular complexity index is 1060. The van der Waals surface area contributed by atoms with Crippen molar-refractivity contribution in [1.82, 2.24) is 4.90 Å². The second-order valence-corrected chi connectivity index (χ2v) is 8.19. The number of ether oxygens (including phenoxy) is 3. The quantitative estimate of drug-likeness (QED) is 0.234. The number of amides is 1. The Labute approximate surface area is 199 Å². The van der Waals surface area contributed by atoms with Gasteiger partial charge in [-0.25, -0.2) is 0 Å². The molecule has 1 heterocycles. The number of carbonyl (C=O) groups excluding carboxylic acids is 2. The second-order valence-electron chi connectivity index (χ2n) is 8.19. The number of hydrogen-bond donors (Lipinski definition) is 2. The molecular formula is C26H31NO7. The van der Waals surface area contributed by atoms with Crippen LogP contribution in [0.1, 0.15) is 44.4 Å². The number of aromatic hydroxyl groups is 1. The van der Waals surface area contributed by atoms with Gasteiger partial charge in [-0.15, -0.1) is 0 Å². The first kappa shape index (κ1) is 25.1. The third kappa shape index (κ3) is 5.34. The maximum absolute atomic E-state index is 13.1. The topological polar surface area (TPSA) is 106 Å². The molecule has 8 nitrogen and oxygen atoms in total. The smallest absolute Gasteiger partial charge is 0.295 e. The van der Waals surface area contributed by atoms with E-state index in [9.17, 15) is 19.8 Å². The molecule has 8 heteroatoms. The minimum Gasteiger partial charge on any atom is -0.507 e. The Kier molecular flexibility index (Phi) is 8.17. The van der Waals surface area contributed by atoms with Crippen LogP contribution in [0, 0.1) is 0 Å². The molecule has 1 aliphatic rings. The first-order valence-electron chi connectivity index (χ1n) is 11.3. The summed E-state index contributed by atoms with van der Waals surface area (Å²) in [6.45, 7) is 6.60. The van der Waals surface area contributed by atoms with Crippen molar-refractivity contribution in [2.24, 2.45) is 0 Å². The van der Waals surface area contributed by atoms with Crippen LogP contribution in [0.25, 0.3) is 5.76 Å². The second kappa shape index (κ2) is 11.1. The van der Waals surface area contributed by atoms with Gasteiger partial charge in [0.1, 0.15) is 11.5 Å². The van der Waals surface area contributed by atoms with Crippen LogP contribution in [0.4, 0.5) is 0 Å². The van der Waals surface area contributed by atoms with Gasteiger partial charge in [-0.1, -0.05) is 6.07 Å². The van der Waals surface area contributed by atoms with E-state index in [2.05, 4.69) is 0 Å². The number of rotatable bonds is 10. The van der Waals surface area contributed by atoms with E-state index in [1.54, 1.807) is 50.4 Å². The van der Waals surface area contributed by atoms with Gasteiger partial charge in [0.25, 0.3) is 11.7 Å². The molecule has 1 aliphatic heterocycles. The molecule has 0 spiro atoms. The predicted octanol–water partition coefficient (Wildman–Crippen LogP) is 4.04. The van der Waals surface area contributed by atoms with Crippen LogP contribution in [0.15, 0.2) is 48.0 Å². The molecule has 2 aromatic carbocycles. The highest BCUT2D eigenvalue weighted by molar-refractivity contribution is 6.46. The number of benzene rings is 2. The van der Waals surface area contributed by atoms with Crippen molar-refractivity contribution in [2.45, 2.75) is 39.3 Å². The number of phenolic OH excluding ortho intramolecular Hbond substituents is 1. The van der Waals surface area contributed by atoms with Crippen LogP contribution in [0.3, 0.4) is 0 Å². The Morgan fingerprint density at radius 3 is 2.44 bits per heavy atom. The monoisotopic (exact) mass is 469 g/mol. The maximum Gasteiger partial charge on any atom is 0.295 e. The normalized spacial score (nSPS) is 17.4. The van der Waals surface area contributed by atoms with Crippen LogP contribution in [0.5, 0.6) is 17.2 Å². The summed E-state index contributed by atoms with van der Waals surface area (Å²) in [7, 11) is 1.56. The van der Waals surface area contributed by atoms with Crippen molar-refractivity contribution in [3.05, 3.63) is 59.2 Å². The fourth-order valence-electron chi connectivity index (χ4n) is 3.93. The molecule has 1 amide bonds. The van der Waals surface area contributed by atoms with Crippen molar-refractivity contribution >= 4 is 17.4 Å². The lowest BCUT2D eigenvalue weighted by Gasteiger charge is -2.25. The van der Waals surface area contributed by atoms with Crippen LogP contribution >= 0.6 is 0 Å². The molecule has 3 rings (SSSR count). The van der Waals surface area contributed by atoms with Gasteiger partial charge >= 0.3 is 0 Å². The summed E-state index contributed by atoms with van der Waals surface area (Å²) in [6, 6.07) is 10.5. The molecule has 1 saturated heterocycles. The third-order valence-corrected chi connectivity index (χ3v) is 5.39. The molecule has 0 saturated carbocycles. The van der Waals surface area contributed by atoms with E-state index in [0.717, 1.165) is 0 Å². The Morgan fingerprint density at radius 2 is 1.82 bits per heavy atom. The van der Waals surface area contributed by atoms with E-state index in [-0.39, 0.29) is 35.5 Å². The van der Waals surface area contributed by atoms with Crippen molar-refractivity contribution in [2.75, 3.05) is 26.9 Å². The zero-order chi connectivity index (χ0) is 24.8. The van der Waals surface area contributed by atoms with E-state index in [1.807, 2.05) is 13.8 Å². The highest BCUT2D eigenvalue weighted by Gasteiger charge is 2.46. The van der Waals surface area contributed by atoms with Gasteiger partial charge in [0.15, 0.2) is 11.5 Å². The summed E-state index contributed by atoms with van der Waals surface area (Å²) in [5.74, 6) is -0.940. The summed E-state index contributed by atoms with van der Waals surface area (Å²) in [4.78, 5) is 27.5. The van der Waals surface area contributed by atoms with Crippen LogP contribution < -0.4 is 9.47 Å². The molecule has 34 heavy (non-hydrogen) atoms. The van der Waals surface area contributed by atoms with Gasteiger partial charge in [0.05, 0.1) is 24.3 Å². The van der Waals surface area contributed by atoms with Crippen molar-refractivity contribution in [1.29, 1.82) is 0 Å². The van der Waals surface area contributed by atoms with E-state index in [1.165, 1.54) is 11.0 Å². The van der Waals surface area contributed by atoms with Gasteiger partial charge in [-0.2, -0.15) is 0 Å². The molecule has 2 N–H and O–H groups in total. The fraction of sp³-hybridized carbons (Fsp3) is 0.385. The SMILES string of the molecule is CCOc1cc(C2/C(=C(\O)c3ccc(OC(C)C)cc3)C(=O)C(=O)N2CCCOC)ccc1O. The average molecular weight is 470 g/mol. The molecule has 0 aromatic heterocycles. The molecule has 1 fully saturated rings. The molecular weight excluding hydrogens is 438 g/mol. The summed E-state index contributed by atoms with van der Waals surface area (Å²) in [6.07, 6.45) is 0.503. The zero-order valence-corrected chi connectivity index (χ0v) is 19.9. The standard InChI is InChI=1S/C26H31NO7/c1-5-33-21-15-18(9-12-20(21)28)23-22(25(30)26(31)27(23)13-6-14-32-4)24(29)17-7-10-19(11-8-17)34-16(2)3/h7-12,15-16,23,28-29H,5-6,13-14H2,1-4H3/b24-22+. The van der Waals surface area contributed by atoms with E-state index < -0.39 is 17.7 Å². The lowest BCUT2D eigenvalue weighted by molar-refractivity contribution is -0.140. The Morgan fingerprint density at radius 1 is 1.12 bits per heavy atom. The van der Waals surface area contributed by atoms with Gasteiger partial charge in [-0.05, 0) is 69.2 Å². The highest BCUT2D eigenvalue weighted by Crippen LogP contribution is 2.42. The van der Waals surface area contributed by atoms with Crippen molar-refractivity contribution in [3.8, 4) is 17.2 Å². The summed E-state index contributed by atoms with van der Waals surface area (Å²) in [5, 5.41) is 21.3. The van der Waals surface area contributed by atoms with Crippen LogP contribution in [0.2, 0.25) is 0 Å². The molecule has 1 atom stereocenters. The third-order valence-electron chi connectivity index (χ3n) is 5.39. The van der Waals surface area contributed by atoms with Crippen molar-refractivity contribution in [3.63, 3.8) is 0 Å². The summed E-state index contributed by atoms with van der Waals surface area (Å²) >= 11 is 0. The summed E-state index contributed by atoms with van der Waals surface area (Å²) < 4.78 is 16.2. The maximum atomic E-state index is 13.1. The molecule has 0 radical (unpaired) electrons. The average Bonchev–Trinajstić information content (AvgIpc) is 3.05. The predicted molar refractivity (Wildman–Crippen MR) is 127 cm³/mol. The lowest BCUT2D eigenvalue weighted by atomic mass is 9.95. The largest absolute Gasteiger partial charge is 0.507 e. The minimum atomic E-state index is -0.844. The number of likely N-dealkylation sites (tertiary alicyclic amines) is 1. The molecule has 0 aliphatic carbocycles. The van der Waals surface area contributed by atoms with Gasteiger partial charge < -0.3 is 29.3 Å². The molecule has 1 unspecified atom stereocenters. The lowest BCUT2D eigenvalue weighted by Crippen LogP contribution is -2.31. The van der Waals surface area contributed by atoms with Crippen LogP contribution in [-0.4, -0.2) is 59.8 Å². The van der Waals surface area contributed by atoms with Crippen LogP contribution in [-0.2, 0) is 14.3 Å². The number of ketones is 1. The number of hydrogen-bond acceptors (Lipinski definition) is 7. The highest BCUT2D eigenvalue weighted by atomic mass is 16.5. The van der Waals surface area contributed by atoms with Gasteiger partial charge in [-0.3, -0.25) is 9.59 Å². The Hall–Kier alpha value is -3.52. The number of phenols is 1. The fourth-order valence-corrected chi connectivity index (χ4v) is 3.93. The number of methoxy groups -OCH3 is 1. The van der Waals surface area contributed by atoms with E-state index in [4.69, 9.17) is 14.2 Å². The minimum absolute atomic E-state index is 0.00842. The summed E-state index contributed by atoms with van der Waals surface area (Å²) in [5.41, 5.74) is 0.909. The van der Waals surface area contributed by atoms with E-state index in [0.29, 0.717) is 36.5 Å². The van der Waals surface area contributed by atoms with Gasteiger partial charge in [0.2, 0.25) is 0 Å². The zero-order valence-electron chi connectivity index (χ0n) is 19.9. The number of carbonyl (C=O) groups is 2. The number of aliphatic hydroxyl groups is 1. The molecule has 2 aromatic rings. The van der Waals surface area contributed by atoms with Crippen molar-refractivity contribution < 1.29 is 34.0 Å². The number of Topliss-reactive ketones (excluding diaryl/α,β-unsaturated/α-hetero) is 1. The first-order chi connectivity index (χ1) is 16.3. The molecule has 182 valence electrons.